The Morgan fingerprint density at radius 1 is 1.13 bits per heavy atom. The molecule has 9 heteroatoms. The predicted molar refractivity (Wildman–Crippen MR) is 115 cm³/mol. The molecule has 0 unspecified atom stereocenters. The molecule has 0 aliphatic carbocycles. The van der Waals surface area contributed by atoms with E-state index in [1.54, 1.807) is 36.1 Å². The van der Waals surface area contributed by atoms with E-state index in [4.69, 9.17) is 9.47 Å². The van der Waals surface area contributed by atoms with E-state index in [9.17, 15) is 9.59 Å². The molecule has 2 aliphatic rings. The van der Waals surface area contributed by atoms with Gasteiger partial charge in [0.25, 0.3) is 0 Å². The third-order valence-electron chi connectivity index (χ3n) is 5.40. The van der Waals surface area contributed by atoms with Gasteiger partial charge >= 0.3 is 12.0 Å². The fraction of sp³-hybridized carbons (Fsp3) is 0.455. The Labute approximate surface area is 181 Å². The van der Waals surface area contributed by atoms with E-state index in [0.29, 0.717) is 50.6 Å². The van der Waals surface area contributed by atoms with Crippen molar-refractivity contribution in [2.24, 2.45) is 0 Å². The number of fused-ring (bicyclic) bond motifs is 1. The maximum Gasteiger partial charge on any atom is 0.338 e. The van der Waals surface area contributed by atoms with Gasteiger partial charge in [0, 0.05) is 37.3 Å². The van der Waals surface area contributed by atoms with E-state index in [-0.39, 0.29) is 12.0 Å². The van der Waals surface area contributed by atoms with Gasteiger partial charge in [-0.25, -0.2) is 19.6 Å². The zero-order valence-electron chi connectivity index (χ0n) is 17.9. The van der Waals surface area contributed by atoms with Crippen molar-refractivity contribution in [3.8, 4) is 0 Å². The lowest BCUT2D eigenvalue weighted by Crippen LogP contribution is -2.42. The summed E-state index contributed by atoms with van der Waals surface area (Å²) in [6, 6.07) is 6.50. The van der Waals surface area contributed by atoms with Crippen LogP contribution >= 0.6 is 0 Å². The van der Waals surface area contributed by atoms with Crippen LogP contribution in [0.1, 0.15) is 34.4 Å². The van der Waals surface area contributed by atoms with Crippen molar-refractivity contribution in [2.75, 3.05) is 49.7 Å². The number of hydrogen-bond donors (Lipinski definition) is 1. The van der Waals surface area contributed by atoms with Crippen LogP contribution in [0.5, 0.6) is 0 Å². The molecule has 4 rings (SSSR count). The minimum absolute atomic E-state index is 0.192. The Kier molecular flexibility index (Phi) is 6.31. The summed E-state index contributed by atoms with van der Waals surface area (Å²) in [5, 5.41) is 2.91. The molecule has 1 saturated heterocycles. The van der Waals surface area contributed by atoms with Crippen molar-refractivity contribution < 1.29 is 19.1 Å². The maximum atomic E-state index is 12.9. The number of amides is 2. The molecule has 1 N–H and O–H groups in total. The molecule has 0 radical (unpaired) electrons. The number of hydrogen-bond acceptors (Lipinski definition) is 7. The summed E-state index contributed by atoms with van der Waals surface area (Å²) in [6.07, 6.45) is 0.686. The summed E-state index contributed by atoms with van der Waals surface area (Å²) in [5.74, 6) is 1.28. The van der Waals surface area contributed by atoms with Crippen LogP contribution in [0.2, 0.25) is 0 Å². The molecule has 2 aromatic rings. The minimum Gasteiger partial charge on any atom is -0.462 e. The van der Waals surface area contributed by atoms with Crippen LogP contribution in [0.3, 0.4) is 0 Å². The van der Waals surface area contributed by atoms with Gasteiger partial charge in [0.05, 0.1) is 37.6 Å². The number of esters is 1. The van der Waals surface area contributed by atoms with Crippen LogP contribution in [0.25, 0.3) is 0 Å². The van der Waals surface area contributed by atoms with E-state index < -0.39 is 0 Å². The van der Waals surface area contributed by atoms with Crippen molar-refractivity contribution in [3.05, 3.63) is 46.9 Å². The van der Waals surface area contributed by atoms with Gasteiger partial charge in [-0.05, 0) is 38.1 Å². The molecule has 0 saturated carbocycles. The highest BCUT2D eigenvalue weighted by Gasteiger charge is 2.28. The van der Waals surface area contributed by atoms with Crippen molar-refractivity contribution in [2.45, 2.75) is 26.8 Å². The monoisotopic (exact) mass is 425 g/mol. The number of nitrogens with one attached hydrogen (secondary N) is 1. The van der Waals surface area contributed by atoms with Crippen molar-refractivity contribution in [3.63, 3.8) is 0 Å². The van der Waals surface area contributed by atoms with Gasteiger partial charge in [0.1, 0.15) is 11.6 Å². The van der Waals surface area contributed by atoms with Crippen LogP contribution in [0, 0.1) is 6.92 Å². The first-order chi connectivity index (χ1) is 15.0. The molecule has 3 heterocycles. The van der Waals surface area contributed by atoms with Gasteiger partial charge in [0.15, 0.2) is 0 Å². The highest BCUT2D eigenvalue weighted by Crippen LogP contribution is 2.27. The Hall–Kier alpha value is -3.20. The van der Waals surface area contributed by atoms with Crippen LogP contribution in [0.4, 0.5) is 16.3 Å². The van der Waals surface area contributed by atoms with Crippen LogP contribution in [-0.2, 0) is 22.4 Å². The molecule has 1 fully saturated rings. The summed E-state index contributed by atoms with van der Waals surface area (Å²) >= 11 is 0. The Bertz CT molecular complexity index is 957. The standard InChI is InChI=1S/C22H27N5O4/c1-3-31-21(28)16-4-6-17(7-5-16)25-22(29)27-9-8-19-18(14-27)20(24-15(2)23-19)26-10-12-30-13-11-26/h4-7H,3,8-14H2,1-2H3,(H,25,29). The molecule has 0 atom stereocenters. The van der Waals surface area contributed by atoms with Crippen LogP contribution < -0.4 is 10.2 Å². The molecular weight excluding hydrogens is 398 g/mol. The Balaban J connectivity index is 1.47. The average molecular weight is 425 g/mol. The lowest BCUT2D eigenvalue weighted by atomic mass is 10.1. The normalized spacial score (nSPS) is 15.9. The van der Waals surface area contributed by atoms with Gasteiger partial charge in [0.2, 0.25) is 0 Å². The second-order valence-electron chi connectivity index (χ2n) is 7.52. The second kappa shape index (κ2) is 9.30. The van der Waals surface area contributed by atoms with Gasteiger partial charge in [-0.1, -0.05) is 0 Å². The molecule has 31 heavy (non-hydrogen) atoms. The number of aromatic nitrogens is 2. The molecule has 9 nitrogen and oxygen atoms in total. The number of urea groups is 1. The molecule has 2 aliphatic heterocycles. The SMILES string of the molecule is CCOC(=O)c1ccc(NC(=O)N2CCc3nc(C)nc(N4CCOCC4)c3C2)cc1. The molecular formula is C22H27N5O4. The quantitative estimate of drug-likeness (QED) is 0.751. The average Bonchev–Trinajstić information content (AvgIpc) is 2.79. The lowest BCUT2D eigenvalue weighted by Gasteiger charge is -2.34. The summed E-state index contributed by atoms with van der Waals surface area (Å²) in [7, 11) is 0. The maximum absolute atomic E-state index is 12.9. The summed E-state index contributed by atoms with van der Waals surface area (Å²) in [4.78, 5) is 38.0. The Morgan fingerprint density at radius 2 is 1.87 bits per heavy atom. The fourth-order valence-corrected chi connectivity index (χ4v) is 3.83. The van der Waals surface area contributed by atoms with Gasteiger partial charge < -0.3 is 24.6 Å². The predicted octanol–water partition coefficient (Wildman–Crippen LogP) is 2.39. The van der Waals surface area contributed by atoms with Crippen LogP contribution in [0.15, 0.2) is 24.3 Å². The minimum atomic E-state index is -0.376. The number of benzene rings is 1. The van der Waals surface area contributed by atoms with Crippen molar-refractivity contribution >= 4 is 23.5 Å². The number of aryl methyl sites for hydroxylation is 1. The number of anilines is 2. The summed E-state index contributed by atoms with van der Waals surface area (Å²) < 4.78 is 10.5. The van der Waals surface area contributed by atoms with E-state index in [0.717, 1.165) is 36.0 Å². The van der Waals surface area contributed by atoms with Crippen LogP contribution in [-0.4, -0.2) is 66.3 Å². The number of morpholine rings is 1. The van der Waals surface area contributed by atoms with Gasteiger partial charge in [-0.2, -0.15) is 0 Å². The van der Waals surface area contributed by atoms with E-state index in [2.05, 4.69) is 20.2 Å². The van der Waals surface area contributed by atoms with Gasteiger partial charge in [-0.3, -0.25) is 0 Å². The fourth-order valence-electron chi connectivity index (χ4n) is 3.83. The highest BCUT2D eigenvalue weighted by atomic mass is 16.5. The first-order valence-electron chi connectivity index (χ1n) is 10.6. The highest BCUT2D eigenvalue weighted by molar-refractivity contribution is 5.92. The van der Waals surface area contributed by atoms with Crippen molar-refractivity contribution in [1.82, 2.24) is 14.9 Å². The number of carbonyl (C=O) groups is 2. The summed E-state index contributed by atoms with van der Waals surface area (Å²) in [5.41, 5.74) is 3.09. The number of ether oxygens (including phenoxy) is 2. The molecule has 1 aromatic heterocycles. The van der Waals surface area contributed by atoms with E-state index in [1.807, 2.05) is 6.92 Å². The zero-order valence-corrected chi connectivity index (χ0v) is 17.9. The largest absolute Gasteiger partial charge is 0.462 e. The Morgan fingerprint density at radius 3 is 2.58 bits per heavy atom. The molecule has 0 spiro atoms. The summed E-state index contributed by atoms with van der Waals surface area (Å²) in [6.45, 7) is 7.93. The first-order valence-corrected chi connectivity index (χ1v) is 10.6. The second-order valence-corrected chi connectivity index (χ2v) is 7.52. The van der Waals surface area contributed by atoms with Crippen molar-refractivity contribution in [1.29, 1.82) is 0 Å². The lowest BCUT2D eigenvalue weighted by molar-refractivity contribution is 0.0526. The number of nitrogens with zero attached hydrogens (tertiary/aromatic N) is 4. The molecule has 0 bridgehead atoms. The molecule has 164 valence electrons. The van der Waals surface area contributed by atoms with Gasteiger partial charge in [-0.15, -0.1) is 0 Å². The molecule has 2 amide bonds. The molecule has 1 aromatic carbocycles. The third kappa shape index (κ3) is 4.77. The smallest absolute Gasteiger partial charge is 0.338 e. The zero-order chi connectivity index (χ0) is 21.8. The van der Waals surface area contributed by atoms with E-state index in [1.165, 1.54) is 0 Å². The topological polar surface area (TPSA) is 96.9 Å². The number of rotatable bonds is 4. The van der Waals surface area contributed by atoms with E-state index >= 15 is 0 Å². The third-order valence-corrected chi connectivity index (χ3v) is 5.40. The number of carbonyl (C=O) groups excluding carboxylic acids is 2. The first kappa shape index (κ1) is 21.0.